The highest BCUT2D eigenvalue weighted by molar-refractivity contribution is 6.31. The number of nitrogens with zero attached hydrogens (tertiary/aromatic N) is 7. The molecule has 5 rings (SSSR count). The molecule has 0 spiro atoms. The summed E-state index contributed by atoms with van der Waals surface area (Å²) in [6, 6.07) is 5.45. The van der Waals surface area contributed by atoms with Gasteiger partial charge in [-0.05, 0) is 49.9 Å². The highest BCUT2D eigenvalue weighted by Crippen LogP contribution is 2.37. The van der Waals surface area contributed by atoms with Gasteiger partial charge < -0.3 is 10.2 Å². The van der Waals surface area contributed by atoms with Crippen molar-refractivity contribution in [3.05, 3.63) is 57.5 Å². The Hall–Kier alpha value is -3.74. The second-order valence-corrected chi connectivity index (χ2v) is 9.49. The van der Waals surface area contributed by atoms with Gasteiger partial charge in [-0.15, -0.1) is 5.10 Å². The van der Waals surface area contributed by atoms with E-state index in [2.05, 4.69) is 25.6 Å². The monoisotopic (exact) mass is 534 g/mol. The Morgan fingerprint density at radius 2 is 1.92 bits per heavy atom. The van der Waals surface area contributed by atoms with Crippen molar-refractivity contribution in [3.63, 3.8) is 0 Å². The van der Waals surface area contributed by atoms with Crippen molar-refractivity contribution in [3.8, 4) is 0 Å². The molecule has 0 saturated heterocycles. The summed E-state index contributed by atoms with van der Waals surface area (Å²) in [7, 11) is 3.20. The van der Waals surface area contributed by atoms with E-state index in [1.165, 1.54) is 25.5 Å². The fourth-order valence-electron chi connectivity index (χ4n) is 4.72. The number of aryl methyl sites for hydroxylation is 1. The van der Waals surface area contributed by atoms with Gasteiger partial charge in [0.2, 0.25) is 0 Å². The van der Waals surface area contributed by atoms with E-state index >= 15 is 0 Å². The third-order valence-electron chi connectivity index (χ3n) is 6.71. The van der Waals surface area contributed by atoms with Gasteiger partial charge in [0.25, 0.3) is 5.91 Å². The number of imidazole rings is 1. The van der Waals surface area contributed by atoms with Crippen molar-refractivity contribution in [1.29, 1.82) is 0 Å². The summed E-state index contributed by atoms with van der Waals surface area (Å²) in [4.78, 5) is 34.6. The first-order chi connectivity index (χ1) is 17.5. The number of nitrogens with one attached hydrogen (secondary N) is 1. The Labute approximate surface area is 213 Å². The third-order valence-corrected chi connectivity index (χ3v) is 6.95. The Morgan fingerprint density at radius 1 is 1.19 bits per heavy atom. The van der Waals surface area contributed by atoms with Crippen LogP contribution in [0.2, 0.25) is 5.02 Å². The fraction of sp³-hybridized carbons (Fsp3) is 0.391. The molecule has 0 atom stereocenters. The maximum Gasteiger partial charge on any atom is 0.433 e. The number of pyridine rings is 1. The minimum Gasteiger partial charge on any atom is -0.371 e. The molecular weight excluding hydrogens is 513 g/mol. The van der Waals surface area contributed by atoms with Gasteiger partial charge in [-0.3, -0.25) is 4.79 Å². The van der Waals surface area contributed by atoms with Crippen molar-refractivity contribution < 1.29 is 18.0 Å². The molecular formula is C23H22ClF3N8O2. The number of benzene rings is 1. The van der Waals surface area contributed by atoms with E-state index in [-0.39, 0.29) is 28.9 Å². The van der Waals surface area contributed by atoms with E-state index in [4.69, 9.17) is 11.6 Å². The first-order valence-electron chi connectivity index (χ1n) is 11.5. The van der Waals surface area contributed by atoms with Crippen LogP contribution in [-0.4, -0.2) is 54.4 Å². The van der Waals surface area contributed by atoms with E-state index < -0.39 is 23.5 Å². The molecule has 1 aliphatic carbocycles. The van der Waals surface area contributed by atoms with Crippen LogP contribution in [0.25, 0.3) is 16.6 Å². The number of aromatic nitrogens is 6. The smallest absolute Gasteiger partial charge is 0.371 e. The number of amides is 1. The van der Waals surface area contributed by atoms with Gasteiger partial charge >= 0.3 is 11.9 Å². The van der Waals surface area contributed by atoms with Crippen molar-refractivity contribution in [2.75, 3.05) is 11.9 Å². The molecule has 14 heteroatoms. The number of carbonyl (C=O) groups excluding carboxylic acids is 1. The van der Waals surface area contributed by atoms with Crippen LogP contribution in [0.4, 0.5) is 18.9 Å². The number of hydrogen-bond acceptors (Lipinski definition) is 7. The number of hydrogen-bond donors (Lipinski definition) is 1. The average Bonchev–Trinajstić information content (AvgIpc) is 3.30. The van der Waals surface area contributed by atoms with Gasteiger partial charge in [0, 0.05) is 42.3 Å². The normalized spacial score (nSPS) is 18.3. The van der Waals surface area contributed by atoms with Crippen LogP contribution in [0.15, 0.2) is 35.4 Å². The van der Waals surface area contributed by atoms with Crippen LogP contribution >= 0.6 is 11.6 Å². The summed E-state index contributed by atoms with van der Waals surface area (Å²) in [6.07, 6.45) is -0.869. The highest BCUT2D eigenvalue weighted by atomic mass is 35.5. The summed E-state index contributed by atoms with van der Waals surface area (Å²) in [6.45, 7) is 0. The van der Waals surface area contributed by atoms with Crippen molar-refractivity contribution in [2.45, 2.75) is 43.9 Å². The van der Waals surface area contributed by atoms with Crippen molar-refractivity contribution in [1.82, 2.24) is 34.7 Å². The summed E-state index contributed by atoms with van der Waals surface area (Å²) in [5.41, 5.74) is -0.750. The number of alkyl halides is 3. The van der Waals surface area contributed by atoms with Gasteiger partial charge in [0.15, 0.2) is 11.3 Å². The molecule has 10 nitrogen and oxygen atoms in total. The Morgan fingerprint density at radius 3 is 2.62 bits per heavy atom. The topological polar surface area (TPSA) is 110 Å². The van der Waals surface area contributed by atoms with Crippen molar-refractivity contribution >= 4 is 39.7 Å². The van der Waals surface area contributed by atoms with E-state index in [9.17, 15) is 22.8 Å². The molecule has 0 radical (unpaired) electrons. The maximum atomic E-state index is 13.5. The molecule has 194 valence electrons. The minimum atomic E-state index is -4.59. The Kier molecular flexibility index (Phi) is 6.26. The Bertz CT molecular complexity index is 1560. The first-order valence-corrected chi connectivity index (χ1v) is 11.9. The summed E-state index contributed by atoms with van der Waals surface area (Å²) >= 11 is 6.13. The zero-order valence-electron chi connectivity index (χ0n) is 19.8. The second kappa shape index (κ2) is 9.29. The molecule has 1 fully saturated rings. The predicted molar refractivity (Wildman–Crippen MR) is 130 cm³/mol. The zero-order valence-corrected chi connectivity index (χ0v) is 20.6. The lowest BCUT2D eigenvalue weighted by Crippen LogP contribution is -2.43. The number of anilines is 1. The van der Waals surface area contributed by atoms with Crippen LogP contribution in [0, 0.1) is 0 Å². The standard InChI is InChI=1S/C23H22ClF3N8O2/c1-33(17-10-18(23(25,26)27)30-16-8-3-12(24)9-15(16)17)14-6-4-13(5-7-14)29-21(36)19-20-31-32-34(2)22(37)35(20)11-28-19/h3,8-11,13-14H,4-7H2,1-2H3,(H,29,36)/t13-,14+. The maximum absolute atomic E-state index is 13.5. The molecule has 4 aromatic rings. The minimum absolute atomic E-state index is 0.00394. The van der Waals surface area contributed by atoms with Gasteiger partial charge in [0.05, 0.1) is 5.52 Å². The fourth-order valence-corrected chi connectivity index (χ4v) is 4.89. The second-order valence-electron chi connectivity index (χ2n) is 9.06. The van der Waals surface area contributed by atoms with E-state index in [0.29, 0.717) is 41.8 Å². The molecule has 1 N–H and O–H groups in total. The molecule has 1 aromatic carbocycles. The average molecular weight is 535 g/mol. The molecule has 37 heavy (non-hydrogen) atoms. The summed E-state index contributed by atoms with van der Waals surface area (Å²) in [5, 5.41) is 11.5. The molecule has 1 amide bonds. The predicted octanol–water partition coefficient (Wildman–Crippen LogP) is 3.22. The molecule has 0 aliphatic heterocycles. The van der Waals surface area contributed by atoms with E-state index in [1.54, 1.807) is 13.1 Å². The number of fused-ring (bicyclic) bond motifs is 2. The van der Waals surface area contributed by atoms with Gasteiger partial charge in [-0.2, -0.15) is 17.9 Å². The highest BCUT2D eigenvalue weighted by Gasteiger charge is 2.35. The number of carbonyl (C=O) groups is 1. The number of rotatable bonds is 4. The van der Waals surface area contributed by atoms with Crippen molar-refractivity contribution in [2.24, 2.45) is 7.05 Å². The number of halogens is 4. The lowest BCUT2D eigenvalue weighted by Gasteiger charge is -2.36. The van der Waals surface area contributed by atoms with Crippen LogP contribution < -0.4 is 15.9 Å². The summed E-state index contributed by atoms with van der Waals surface area (Å²) in [5.74, 6) is -0.466. The van der Waals surface area contributed by atoms with E-state index in [1.807, 2.05) is 4.90 Å². The largest absolute Gasteiger partial charge is 0.433 e. The van der Waals surface area contributed by atoms with Crippen LogP contribution in [0.5, 0.6) is 0 Å². The molecule has 0 bridgehead atoms. The van der Waals surface area contributed by atoms with Crippen LogP contribution in [0.1, 0.15) is 41.9 Å². The van der Waals surface area contributed by atoms with Gasteiger partial charge in [-0.25, -0.2) is 19.2 Å². The molecule has 1 saturated carbocycles. The zero-order chi connectivity index (χ0) is 26.5. The summed E-state index contributed by atoms with van der Waals surface area (Å²) < 4.78 is 42.8. The van der Waals surface area contributed by atoms with Gasteiger partial charge in [-0.1, -0.05) is 16.8 Å². The van der Waals surface area contributed by atoms with E-state index in [0.717, 1.165) is 15.1 Å². The Balaban J connectivity index is 1.31. The van der Waals surface area contributed by atoms with Gasteiger partial charge in [0.1, 0.15) is 12.0 Å². The van der Waals surface area contributed by atoms with Crippen LogP contribution in [0.3, 0.4) is 0 Å². The first kappa shape index (κ1) is 24.9. The lowest BCUT2D eigenvalue weighted by molar-refractivity contribution is -0.140. The quantitative estimate of drug-likeness (QED) is 0.428. The lowest BCUT2D eigenvalue weighted by atomic mass is 9.89. The molecule has 1 aliphatic rings. The van der Waals surface area contributed by atoms with Crippen LogP contribution in [-0.2, 0) is 13.2 Å². The third kappa shape index (κ3) is 4.70. The molecule has 3 heterocycles. The SMILES string of the molecule is Cn1nnc2c(C(=O)N[C@H]3CC[C@@H](N(C)c4cc(C(F)(F)F)nc5ccc(Cl)cc45)CC3)ncn2c1=O. The molecule has 0 unspecified atom stereocenters. The molecule has 3 aromatic heterocycles.